The van der Waals surface area contributed by atoms with Crippen molar-refractivity contribution in [3.63, 3.8) is 0 Å². The summed E-state index contributed by atoms with van der Waals surface area (Å²) < 4.78 is 17.8. The van der Waals surface area contributed by atoms with Gasteiger partial charge in [0.05, 0.1) is 6.20 Å². The first kappa shape index (κ1) is 9.39. The Balaban J connectivity index is 2.22. The van der Waals surface area contributed by atoms with E-state index in [4.69, 9.17) is 4.74 Å². The zero-order valence-corrected chi connectivity index (χ0v) is 7.61. The van der Waals surface area contributed by atoms with Gasteiger partial charge in [0.1, 0.15) is 11.6 Å². The first-order valence-electron chi connectivity index (χ1n) is 4.22. The second-order valence-corrected chi connectivity index (χ2v) is 2.84. The summed E-state index contributed by atoms with van der Waals surface area (Å²) in [6, 6.07) is 6.75. The summed E-state index contributed by atoms with van der Waals surface area (Å²) >= 11 is 0. The topological polar surface area (TPSA) is 55.0 Å². The van der Waals surface area contributed by atoms with Gasteiger partial charge in [-0.3, -0.25) is 4.79 Å². The summed E-state index contributed by atoms with van der Waals surface area (Å²) in [6.45, 7) is 0. The Morgan fingerprint density at radius 1 is 1.20 bits per heavy atom. The summed E-state index contributed by atoms with van der Waals surface area (Å²) in [5.41, 5.74) is -0.352. The van der Waals surface area contributed by atoms with Crippen LogP contribution in [0.25, 0.3) is 0 Å². The minimum Gasteiger partial charge on any atom is -0.455 e. The van der Waals surface area contributed by atoms with Gasteiger partial charge in [0.2, 0.25) is 0 Å². The van der Waals surface area contributed by atoms with Crippen molar-refractivity contribution in [3.05, 3.63) is 52.7 Å². The lowest BCUT2D eigenvalue weighted by molar-refractivity contribution is 0.475. The lowest BCUT2D eigenvalue weighted by Gasteiger charge is -2.03. The van der Waals surface area contributed by atoms with Crippen molar-refractivity contribution in [2.75, 3.05) is 0 Å². The Hall–Kier alpha value is -2.17. The average Bonchev–Trinajstić information content (AvgIpc) is 2.22. The van der Waals surface area contributed by atoms with Crippen molar-refractivity contribution in [1.82, 2.24) is 10.2 Å². The molecule has 5 heteroatoms. The molecule has 0 spiro atoms. The fourth-order valence-corrected chi connectivity index (χ4v) is 1.05. The number of rotatable bonds is 2. The number of nitrogens with one attached hydrogen (secondary N) is 1. The van der Waals surface area contributed by atoms with Crippen molar-refractivity contribution >= 4 is 0 Å². The molecule has 1 aromatic carbocycles. The van der Waals surface area contributed by atoms with Crippen LogP contribution in [0.1, 0.15) is 0 Å². The quantitative estimate of drug-likeness (QED) is 0.813. The molecule has 1 aromatic heterocycles. The van der Waals surface area contributed by atoms with Gasteiger partial charge in [-0.25, -0.2) is 9.49 Å². The van der Waals surface area contributed by atoms with Crippen LogP contribution in [-0.2, 0) is 0 Å². The zero-order chi connectivity index (χ0) is 10.7. The van der Waals surface area contributed by atoms with Crippen molar-refractivity contribution in [2.24, 2.45) is 0 Å². The monoisotopic (exact) mass is 206 g/mol. The Kier molecular flexibility index (Phi) is 2.45. The highest BCUT2D eigenvalue weighted by molar-refractivity contribution is 5.28. The predicted molar refractivity (Wildman–Crippen MR) is 51.3 cm³/mol. The van der Waals surface area contributed by atoms with Gasteiger partial charge < -0.3 is 4.74 Å². The molecule has 0 fully saturated rings. The minimum atomic E-state index is -0.352. The van der Waals surface area contributed by atoms with Crippen molar-refractivity contribution in [2.45, 2.75) is 0 Å². The molecule has 2 rings (SSSR count). The highest BCUT2D eigenvalue weighted by atomic mass is 19.1. The molecule has 0 aliphatic heterocycles. The maximum Gasteiger partial charge on any atom is 0.267 e. The van der Waals surface area contributed by atoms with E-state index < -0.39 is 0 Å². The van der Waals surface area contributed by atoms with Crippen molar-refractivity contribution < 1.29 is 9.13 Å². The Bertz CT molecular complexity index is 507. The molecule has 0 saturated heterocycles. The first-order chi connectivity index (χ1) is 7.24. The van der Waals surface area contributed by atoms with Crippen LogP contribution >= 0.6 is 0 Å². The predicted octanol–water partition coefficient (Wildman–Crippen LogP) is 1.70. The van der Waals surface area contributed by atoms with Gasteiger partial charge in [0.25, 0.3) is 5.56 Å². The number of hydrogen-bond acceptors (Lipinski definition) is 3. The molecule has 15 heavy (non-hydrogen) atoms. The highest BCUT2D eigenvalue weighted by Crippen LogP contribution is 2.18. The van der Waals surface area contributed by atoms with Crippen LogP contribution in [0.2, 0.25) is 0 Å². The van der Waals surface area contributed by atoms with E-state index in [-0.39, 0.29) is 11.4 Å². The molecule has 0 aliphatic carbocycles. The van der Waals surface area contributed by atoms with Gasteiger partial charge in [-0.2, -0.15) is 5.10 Å². The number of benzene rings is 1. The molecule has 0 bridgehead atoms. The minimum absolute atomic E-state index is 0.311. The van der Waals surface area contributed by atoms with E-state index in [0.29, 0.717) is 11.5 Å². The molecule has 2 aromatic rings. The summed E-state index contributed by atoms with van der Waals surface area (Å²) in [4.78, 5) is 10.9. The van der Waals surface area contributed by atoms with Crippen LogP contribution in [0.5, 0.6) is 11.5 Å². The van der Waals surface area contributed by atoms with Crippen LogP contribution < -0.4 is 10.3 Å². The number of hydrogen-bond donors (Lipinski definition) is 1. The molecular weight excluding hydrogens is 199 g/mol. The first-order valence-corrected chi connectivity index (χ1v) is 4.22. The van der Waals surface area contributed by atoms with Crippen molar-refractivity contribution in [1.29, 1.82) is 0 Å². The zero-order valence-electron chi connectivity index (χ0n) is 7.61. The maximum atomic E-state index is 12.6. The van der Waals surface area contributed by atoms with Gasteiger partial charge in [-0.15, -0.1) is 0 Å². The molecular formula is C10H7FN2O2. The molecule has 1 N–H and O–H groups in total. The molecule has 0 saturated carbocycles. The number of nitrogens with zero attached hydrogens (tertiary/aromatic N) is 1. The van der Waals surface area contributed by atoms with E-state index in [1.54, 1.807) is 0 Å². The van der Waals surface area contributed by atoms with E-state index in [0.717, 1.165) is 0 Å². The van der Waals surface area contributed by atoms with E-state index in [1.807, 2.05) is 0 Å². The second kappa shape index (κ2) is 3.91. The van der Waals surface area contributed by atoms with Gasteiger partial charge in [-0.05, 0) is 24.3 Å². The number of aromatic amines is 1. The fourth-order valence-electron chi connectivity index (χ4n) is 1.05. The lowest BCUT2D eigenvalue weighted by atomic mass is 10.3. The molecule has 0 atom stereocenters. The van der Waals surface area contributed by atoms with Gasteiger partial charge in [-0.1, -0.05) is 0 Å². The van der Waals surface area contributed by atoms with E-state index in [2.05, 4.69) is 10.2 Å². The summed E-state index contributed by atoms with van der Waals surface area (Å²) in [5.74, 6) is 0.417. The summed E-state index contributed by atoms with van der Waals surface area (Å²) in [7, 11) is 0. The molecule has 0 unspecified atom stereocenters. The van der Waals surface area contributed by atoms with Crippen molar-refractivity contribution in [3.8, 4) is 11.5 Å². The second-order valence-electron chi connectivity index (χ2n) is 2.84. The van der Waals surface area contributed by atoms with Gasteiger partial charge >= 0.3 is 0 Å². The van der Waals surface area contributed by atoms with Crippen LogP contribution in [0.15, 0.2) is 41.3 Å². The Morgan fingerprint density at radius 3 is 2.60 bits per heavy atom. The van der Waals surface area contributed by atoms with E-state index >= 15 is 0 Å². The molecule has 1 heterocycles. The summed E-state index contributed by atoms with van der Waals surface area (Å²) in [5, 5.41) is 5.78. The SMILES string of the molecule is O=c1cc(Oc2ccc(F)cc2)cn[nH]1. The Labute approximate surface area is 84.3 Å². The lowest BCUT2D eigenvalue weighted by Crippen LogP contribution is -2.05. The standard InChI is InChI=1S/C10H7FN2O2/c11-7-1-3-8(4-2-7)15-9-5-10(14)13-12-6-9/h1-6H,(H,13,14). The van der Waals surface area contributed by atoms with Gasteiger partial charge in [0.15, 0.2) is 5.75 Å². The van der Waals surface area contributed by atoms with E-state index in [1.165, 1.54) is 36.5 Å². The van der Waals surface area contributed by atoms with Crippen LogP contribution in [0.4, 0.5) is 4.39 Å². The van der Waals surface area contributed by atoms with E-state index in [9.17, 15) is 9.18 Å². The highest BCUT2D eigenvalue weighted by Gasteiger charge is 1.98. The number of ether oxygens (including phenoxy) is 1. The number of aromatic nitrogens is 2. The maximum absolute atomic E-state index is 12.6. The molecule has 0 radical (unpaired) electrons. The molecule has 4 nitrogen and oxygen atoms in total. The Morgan fingerprint density at radius 2 is 1.93 bits per heavy atom. The largest absolute Gasteiger partial charge is 0.455 e. The smallest absolute Gasteiger partial charge is 0.267 e. The fraction of sp³-hybridized carbons (Fsp3) is 0. The third kappa shape index (κ3) is 2.40. The normalized spacial score (nSPS) is 9.93. The molecule has 0 amide bonds. The van der Waals surface area contributed by atoms with Gasteiger partial charge in [0, 0.05) is 6.07 Å². The number of halogens is 1. The summed E-state index contributed by atoms with van der Waals surface area (Å²) in [6.07, 6.45) is 1.37. The molecule has 0 aliphatic rings. The van der Waals surface area contributed by atoms with Crippen LogP contribution in [0, 0.1) is 5.82 Å². The van der Waals surface area contributed by atoms with Crippen LogP contribution in [-0.4, -0.2) is 10.2 Å². The molecule has 76 valence electrons. The third-order valence-corrected chi connectivity index (χ3v) is 1.69. The third-order valence-electron chi connectivity index (χ3n) is 1.69. The number of H-pyrrole nitrogens is 1. The van der Waals surface area contributed by atoms with Crippen LogP contribution in [0.3, 0.4) is 0 Å². The average molecular weight is 206 g/mol.